The highest BCUT2D eigenvalue weighted by molar-refractivity contribution is 5.54. The van der Waals surface area contributed by atoms with Crippen molar-refractivity contribution in [1.82, 2.24) is 25.1 Å². The van der Waals surface area contributed by atoms with Crippen molar-refractivity contribution in [1.29, 1.82) is 0 Å². The van der Waals surface area contributed by atoms with Crippen molar-refractivity contribution in [2.45, 2.75) is 13.0 Å². The SMILES string of the molecule is CN1CCc2ncc(Nc3n[nH]c(N)n3)cc2C1. The molecule has 7 nitrogen and oxygen atoms in total. The van der Waals surface area contributed by atoms with Crippen molar-refractivity contribution < 1.29 is 0 Å². The zero-order valence-electron chi connectivity index (χ0n) is 10.1. The lowest BCUT2D eigenvalue weighted by Crippen LogP contribution is -2.27. The zero-order chi connectivity index (χ0) is 12.5. The van der Waals surface area contributed by atoms with Crippen LogP contribution in [0.2, 0.25) is 0 Å². The van der Waals surface area contributed by atoms with Crippen molar-refractivity contribution in [2.75, 3.05) is 24.6 Å². The number of hydrogen-bond acceptors (Lipinski definition) is 6. The summed E-state index contributed by atoms with van der Waals surface area (Å²) in [4.78, 5) is 10.7. The third-order valence-electron chi connectivity index (χ3n) is 2.99. The van der Waals surface area contributed by atoms with Crippen LogP contribution in [0.5, 0.6) is 0 Å². The molecule has 3 rings (SSSR count). The van der Waals surface area contributed by atoms with Crippen LogP contribution in [-0.4, -0.2) is 38.7 Å². The third-order valence-corrected chi connectivity index (χ3v) is 2.99. The van der Waals surface area contributed by atoms with Gasteiger partial charge in [-0.3, -0.25) is 4.98 Å². The van der Waals surface area contributed by atoms with Gasteiger partial charge in [0.05, 0.1) is 11.9 Å². The Morgan fingerprint density at radius 3 is 3.17 bits per heavy atom. The number of nitrogens with two attached hydrogens (primary N) is 1. The topological polar surface area (TPSA) is 95.8 Å². The summed E-state index contributed by atoms with van der Waals surface area (Å²) >= 11 is 0. The van der Waals surface area contributed by atoms with Crippen molar-refractivity contribution in [3.63, 3.8) is 0 Å². The smallest absolute Gasteiger partial charge is 0.248 e. The van der Waals surface area contributed by atoms with Crippen LogP contribution in [0.3, 0.4) is 0 Å². The first kappa shape index (κ1) is 11.0. The van der Waals surface area contributed by atoms with E-state index in [1.165, 1.54) is 11.3 Å². The molecule has 94 valence electrons. The van der Waals surface area contributed by atoms with E-state index < -0.39 is 0 Å². The molecule has 3 heterocycles. The first-order valence-corrected chi connectivity index (χ1v) is 5.82. The highest BCUT2D eigenvalue weighted by Gasteiger charge is 2.14. The molecule has 1 aliphatic heterocycles. The molecule has 0 saturated heterocycles. The van der Waals surface area contributed by atoms with Gasteiger partial charge in [-0.05, 0) is 18.7 Å². The number of aromatic nitrogens is 4. The Morgan fingerprint density at radius 1 is 1.50 bits per heavy atom. The largest absolute Gasteiger partial charge is 0.368 e. The van der Waals surface area contributed by atoms with Crippen LogP contribution in [0, 0.1) is 0 Å². The second-order valence-electron chi connectivity index (χ2n) is 4.49. The quantitative estimate of drug-likeness (QED) is 0.713. The molecular formula is C11H15N7. The Hall–Kier alpha value is -2.15. The van der Waals surface area contributed by atoms with E-state index in [2.05, 4.69) is 43.5 Å². The van der Waals surface area contributed by atoms with Gasteiger partial charge in [-0.1, -0.05) is 0 Å². The molecule has 7 heteroatoms. The summed E-state index contributed by atoms with van der Waals surface area (Å²) in [5.41, 5.74) is 8.77. The number of likely N-dealkylation sites (N-methyl/N-ethyl adjacent to an activating group) is 1. The van der Waals surface area contributed by atoms with Crippen LogP contribution in [0.25, 0.3) is 0 Å². The Bertz CT molecular complexity index is 562. The minimum atomic E-state index is 0.295. The zero-order valence-corrected chi connectivity index (χ0v) is 10.1. The monoisotopic (exact) mass is 245 g/mol. The number of fused-ring (bicyclic) bond motifs is 1. The van der Waals surface area contributed by atoms with Gasteiger partial charge in [0.2, 0.25) is 11.9 Å². The second kappa shape index (κ2) is 4.26. The van der Waals surface area contributed by atoms with Gasteiger partial charge in [0.25, 0.3) is 0 Å². The maximum absolute atomic E-state index is 5.47. The van der Waals surface area contributed by atoms with Gasteiger partial charge in [0, 0.05) is 25.2 Å². The lowest BCUT2D eigenvalue weighted by atomic mass is 10.1. The highest BCUT2D eigenvalue weighted by Crippen LogP contribution is 2.21. The highest BCUT2D eigenvalue weighted by atomic mass is 15.3. The van der Waals surface area contributed by atoms with Crippen LogP contribution in [0.15, 0.2) is 12.3 Å². The Labute approximate surface area is 104 Å². The summed E-state index contributed by atoms with van der Waals surface area (Å²) in [6.45, 7) is 1.98. The molecule has 1 aliphatic rings. The van der Waals surface area contributed by atoms with E-state index in [0.717, 1.165) is 25.2 Å². The average molecular weight is 245 g/mol. The van der Waals surface area contributed by atoms with Crippen molar-refractivity contribution in [3.05, 3.63) is 23.5 Å². The predicted octanol–water partition coefficient (Wildman–Crippen LogP) is 0.513. The lowest BCUT2D eigenvalue weighted by Gasteiger charge is -2.24. The average Bonchev–Trinajstić information content (AvgIpc) is 2.74. The van der Waals surface area contributed by atoms with Gasteiger partial charge in [-0.25, -0.2) is 5.10 Å². The van der Waals surface area contributed by atoms with Gasteiger partial charge in [0.1, 0.15) is 0 Å². The van der Waals surface area contributed by atoms with Crippen LogP contribution in [0.1, 0.15) is 11.3 Å². The van der Waals surface area contributed by atoms with Gasteiger partial charge < -0.3 is 16.0 Å². The Balaban J connectivity index is 1.83. The summed E-state index contributed by atoms with van der Waals surface area (Å²) in [5.74, 6) is 0.751. The molecule has 0 fully saturated rings. The van der Waals surface area contributed by atoms with Gasteiger partial charge >= 0.3 is 0 Å². The predicted molar refractivity (Wildman–Crippen MR) is 68.4 cm³/mol. The lowest BCUT2D eigenvalue weighted by molar-refractivity contribution is 0.310. The van der Waals surface area contributed by atoms with E-state index in [1.807, 2.05) is 0 Å². The standard InChI is InChI=1S/C11H15N7/c1-18-3-2-9-7(6-18)4-8(5-13-9)14-11-15-10(12)16-17-11/h4-5H,2-3,6H2,1H3,(H4,12,14,15,16,17). The number of nitrogens with one attached hydrogen (secondary N) is 2. The molecule has 0 bridgehead atoms. The minimum absolute atomic E-state index is 0.295. The maximum atomic E-state index is 5.47. The molecule has 0 atom stereocenters. The molecular weight excluding hydrogens is 230 g/mol. The van der Waals surface area contributed by atoms with E-state index in [1.54, 1.807) is 6.20 Å². The maximum Gasteiger partial charge on any atom is 0.248 e. The van der Waals surface area contributed by atoms with Crippen LogP contribution in [-0.2, 0) is 13.0 Å². The Morgan fingerprint density at radius 2 is 2.39 bits per heavy atom. The van der Waals surface area contributed by atoms with Crippen molar-refractivity contribution in [2.24, 2.45) is 0 Å². The fourth-order valence-electron chi connectivity index (χ4n) is 2.09. The number of nitrogens with zero attached hydrogens (tertiary/aromatic N) is 4. The number of aromatic amines is 1. The van der Waals surface area contributed by atoms with Crippen molar-refractivity contribution in [3.8, 4) is 0 Å². The normalized spacial score (nSPS) is 15.4. The van der Waals surface area contributed by atoms with Crippen LogP contribution < -0.4 is 11.1 Å². The number of nitrogen functional groups attached to an aromatic ring is 1. The number of H-pyrrole nitrogens is 1. The first-order chi connectivity index (χ1) is 8.70. The molecule has 0 aliphatic carbocycles. The number of anilines is 3. The molecule has 0 unspecified atom stereocenters. The van der Waals surface area contributed by atoms with E-state index >= 15 is 0 Å². The molecule has 2 aromatic heterocycles. The summed E-state index contributed by atoms with van der Waals surface area (Å²) < 4.78 is 0. The summed E-state index contributed by atoms with van der Waals surface area (Å²) in [7, 11) is 2.11. The fourth-order valence-corrected chi connectivity index (χ4v) is 2.09. The summed E-state index contributed by atoms with van der Waals surface area (Å²) in [6.07, 6.45) is 2.80. The third kappa shape index (κ3) is 2.12. The van der Waals surface area contributed by atoms with E-state index in [9.17, 15) is 0 Å². The molecule has 0 spiro atoms. The fraction of sp³-hybridized carbons (Fsp3) is 0.364. The molecule has 4 N–H and O–H groups in total. The van der Waals surface area contributed by atoms with Crippen molar-refractivity contribution >= 4 is 17.6 Å². The van der Waals surface area contributed by atoms with Gasteiger partial charge in [0.15, 0.2) is 0 Å². The van der Waals surface area contributed by atoms with E-state index in [4.69, 9.17) is 5.73 Å². The molecule has 0 saturated carbocycles. The number of hydrogen-bond donors (Lipinski definition) is 3. The van der Waals surface area contributed by atoms with Gasteiger partial charge in [-0.15, -0.1) is 5.10 Å². The number of pyridine rings is 1. The molecule has 0 amide bonds. The van der Waals surface area contributed by atoms with E-state index in [0.29, 0.717) is 11.9 Å². The summed E-state index contributed by atoms with van der Waals surface area (Å²) in [6, 6.07) is 2.09. The van der Waals surface area contributed by atoms with E-state index in [-0.39, 0.29) is 0 Å². The number of rotatable bonds is 2. The van der Waals surface area contributed by atoms with Crippen LogP contribution >= 0.6 is 0 Å². The summed E-state index contributed by atoms with van der Waals surface area (Å²) in [5, 5.41) is 9.59. The van der Waals surface area contributed by atoms with Gasteiger partial charge in [-0.2, -0.15) is 4.98 Å². The molecule has 0 aromatic carbocycles. The molecule has 2 aromatic rings. The molecule has 18 heavy (non-hydrogen) atoms. The second-order valence-corrected chi connectivity index (χ2v) is 4.49. The molecule has 0 radical (unpaired) electrons. The Kier molecular flexibility index (Phi) is 2.60. The van der Waals surface area contributed by atoms with Crippen LogP contribution in [0.4, 0.5) is 17.6 Å². The minimum Gasteiger partial charge on any atom is -0.368 e. The first-order valence-electron chi connectivity index (χ1n) is 5.82.